The number of thiazole rings is 1. The summed E-state index contributed by atoms with van der Waals surface area (Å²) in [5, 5.41) is 1.00. The zero-order valence-corrected chi connectivity index (χ0v) is 17.5. The first-order chi connectivity index (χ1) is 14.2. The Hall–Kier alpha value is -2.89. The molecule has 3 nitrogen and oxygen atoms in total. The number of hydrogen-bond donors (Lipinski definition) is 0. The number of nitrogens with zero attached hydrogens (tertiary/aromatic N) is 2. The van der Waals surface area contributed by atoms with Crippen molar-refractivity contribution in [3.05, 3.63) is 84.4 Å². The molecule has 0 N–H and O–H groups in total. The van der Waals surface area contributed by atoms with Gasteiger partial charge in [0.1, 0.15) is 0 Å². The maximum absolute atomic E-state index is 13.4. The van der Waals surface area contributed by atoms with Gasteiger partial charge in [-0.05, 0) is 23.8 Å². The van der Waals surface area contributed by atoms with Gasteiger partial charge in [-0.3, -0.25) is 4.79 Å². The molecule has 0 aliphatic rings. The van der Waals surface area contributed by atoms with Crippen LogP contribution >= 0.6 is 23.1 Å². The molecule has 0 unspecified atom stereocenters. The number of hydrogen-bond acceptors (Lipinski definition) is 4. The van der Waals surface area contributed by atoms with E-state index in [4.69, 9.17) is 0 Å². The van der Waals surface area contributed by atoms with Gasteiger partial charge < -0.3 is 4.57 Å². The second-order valence-electron chi connectivity index (χ2n) is 6.83. The number of carbonyl (C=O) groups excluding carboxylic acids is 1. The van der Waals surface area contributed by atoms with E-state index in [9.17, 15) is 4.79 Å². The maximum atomic E-state index is 13.4. The first kappa shape index (κ1) is 18.2. The summed E-state index contributed by atoms with van der Waals surface area (Å²) in [5.41, 5.74) is 4.88. The molecule has 5 heteroatoms. The molecular weight excluding hydrogens is 396 g/mol. The van der Waals surface area contributed by atoms with E-state index >= 15 is 0 Å². The van der Waals surface area contributed by atoms with E-state index < -0.39 is 0 Å². The van der Waals surface area contributed by atoms with Crippen LogP contribution in [0.5, 0.6) is 0 Å². The predicted octanol–water partition coefficient (Wildman–Crippen LogP) is 6.43. The number of para-hydroxylation sites is 2. The van der Waals surface area contributed by atoms with Gasteiger partial charge in [0.25, 0.3) is 0 Å². The number of benzene rings is 3. The molecule has 5 aromatic rings. The summed E-state index contributed by atoms with van der Waals surface area (Å²) < 4.78 is 4.21. The van der Waals surface area contributed by atoms with Crippen LogP contribution in [0.25, 0.3) is 32.4 Å². The zero-order valence-electron chi connectivity index (χ0n) is 15.8. The first-order valence-corrected chi connectivity index (χ1v) is 11.2. The molecule has 3 aromatic carbocycles. The van der Waals surface area contributed by atoms with Gasteiger partial charge in [-0.2, -0.15) is 0 Å². The van der Waals surface area contributed by atoms with Crippen LogP contribution < -0.4 is 0 Å². The van der Waals surface area contributed by atoms with Crippen molar-refractivity contribution in [2.75, 3.05) is 5.75 Å². The molecule has 5 rings (SSSR count). The summed E-state index contributed by atoms with van der Waals surface area (Å²) in [6.45, 7) is 0. The van der Waals surface area contributed by atoms with Gasteiger partial charge in [-0.1, -0.05) is 72.4 Å². The standard InChI is InChI=1S/C24H18N2OS2/c1-26-19-13-7-5-11-17(19)22(23(26)16-9-3-2-4-10-16)20(27)15-28-24-25-18-12-6-8-14-21(18)29-24/h2-14H,15H2,1H3. The Kier molecular flexibility index (Phi) is 4.70. The first-order valence-electron chi connectivity index (χ1n) is 9.37. The van der Waals surface area contributed by atoms with Gasteiger partial charge >= 0.3 is 0 Å². The van der Waals surface area contributed by atoms with Crippen LogP contribution in [-0.4, -0.2) is 21.1 Å². The van der Waals surface area contributed by atoms with Gasteiger partial charge in [0.2, 0.25) is 0 Å². The van der Waals surface area contributed by atoms with Crippen LogP contribution in [0.2, 0.25) is 0 Å². The average molecular weight is 415 g/mol. The normalized spacial score (nSPS) is 11.3. The highest BCUT2D eigenvalue weighted by atomic mass is 32.2. The van der Waals surface area contributed by atoms with Crippen LogP contribution in [0.15, 0.2) is 83.2 Å². The number of Topliss-reactive ketones (excluding diaryl/α,β-unsaturated/α-hetero) is 1. The lowest BCUT2D eigenvalue weighted by molar-refractivity contribution is 0.102. The molecule has 2 aromatic heterocycles. The topological polar surface area (TPSA) is 34.9 Å². The molecule has 29 heavy (non-hydrogen) atoms. The maximum Gasteiger partial charge on any atom is 0.175 e. The van der Waals surface area contributed by atoms with Gasteiger partial charge in [0.15, 0.2) is 10.1 Å². The van der Waals surface area contributed by atoms with Crippen molar-refractivity contribution in [3.8, 4) is 11.3 Å². The van der Waals surface area contributed by atoms with Crippen molar-refractivity contribution in [1.82, 2.24) is 9.55 Å². The molecule has 0 saturated carbocycles. The fraction of sp³-hybridized carbons (Fsp3) is 0.0833. The highest BCUT2D eigenvalue weighted by Gasteiger charge is 2.22. The van der Waals surface area contributed by atoms with Crippen molar-refractivity contribution >= 4 is 50.0 Å². The summed E-state index contributed by atoms with van der Waals surface area (Å²) in [6, 6.07) is 26.3. The van der Waals surface area contributed by atoms with E-state index in [0.29, 0.717) is 5.75 Å². The van der Waals surface area contributed by atoms with Crippen molar-refractivity contribution in [2.45, 2.75) is 4.34 Å². The molecular formula is C24H18N2OS2. The minimum absolute atomic E-state index is 0.130. The minimum Gasteiger partial charge on any atom is -0.343 e. The van der Waals surface area contributed by atoms with Gasteiger partial charge in [0.05, 0.1) is 27.2 Å². The fourth-order valence-corrected chi connectivity index (χ4v) is 5.66. The molecule has 2 heterocycles. The highest BCUT2D eigenvalue weighted by molar-refractivity contribution is 8.01. The summed E-state index contributed by atoms with van der Waals surface area (Å²) >= 11 is 3.16. The number of fused-ring (bicyclic) bond motifs is 2. The molecule has 0 aliphatic heterocycles. The molecule has 0 fully saturated rings. The summed E-state index contributed by atoms with van der Waals surface area (Å²) in [6.07, 6.45) is 0. The fourth-order valence-electron chi connectivity index (χ4n) is 3.72. The van der Waals surface area contributed by atoms with Gasteiger partial charge in [0, 0.05) is 18.0 Å². The summed E-state index contributed by atoms with van der Waals surface area (Å²) in [4.78, 5) is 18.0. The van der Waals surface area contributed by atoms with E-state index in [1.54, 1.807) is 11.3 Å². The molecule has 0 atom stereocenters. The largest absolute Gasteiger partial charge is 0.343 e. The lowest BCUT2D eigenvalue weighted by atomic mass is 10.0. The number of aryl methyl sites for hydroxylation is 1. The molecule has 0 spiro atoms. The van der Waals surface area contributed by atoms with Crippen molar-refractivity contribution in [3.63, 3.8) is 0 Å². The molecule has 142 valence electrons. The van der Waals surface area contributed by atoms with E-state index in [1.165, 1.54) is 11.8 Å². The Morgan fingerprint density at radius 3 is 2.52 bits per heavy atom. The van der Waals surface area contributed by atoms with E-state index in [1.807, 2.05) is 61.6 Å². The number of carbonyl (C=O) groups is 1. The Morgan fingerprint density at radius 1 is 0.966 bits per heavy atom. The van der Waals surface area contributed by atoms with Gasteiger partial charge in [-0.25, -0.2) is 4.98 Å². The van der Waals surface area contributed by atoms with E-state index in [0.717, 1.165) is 42.3 Å². The predicted molar refractivity (Wildman–Crippen MR) is 123 cm³/mol. The number of rotatable bonds is 5. The second-order valence-corrected chi connectivity index (χ2v) is 9.08. The van der Waals surface area contributed by atoms with Gasteiger partial charge in [-0.15, -0.1) is 11.3 Å². The average Bonchev–Trinajstić information content (AvgIpc) is 3.31. The van der Waals surface area contributed by atoms with Crippen LogP contribution in [0.4, 0.5) is 0 Å². The molecule has 0 radical (unpaired) electrons. The van der Waals surface area contributed by atoms with Crippen LogP contribution in [-0.2, 0) is 7.05 Å². The van der Waals surface area contributed by atoms with E-state index in [-0.39, 0.29) is 5.78 Å². The summed E-state index contributed by atoms with van der Waals surface area (Å²) in [7, 11) is 2.03. The van der Waals surface area contributed by atoms with Crippen molar-refractivity contribution in [2.24, 2.45) is 7.05 Å². The smallest absolute Gasteiger partial charge is 0.175 e. The highest BCUT2D eigenvalue weighted by Crippen LogP contribution is 2.35. The third-order valence-electron chi connectivity index (χ3n) is 5.03. The summed E-state index contributed by atoms with van der Waals surface area (Å²) in [5.74, 6) is 0.498. The van der Waals surface area contributed by atoms with E-state index in [2.05, 4.69) is 33.8 Å². The minimum atomic E-state index is 0.130. The molecule has 0 amide bonds. The Balaban J connectivity index is 1.54. The van der Waals surface area contributed by atoms with Crippen LogP contribution in [0.1, 0.15) is 10.4 Å². The third-order valence-corrected chi connectivity index (χ3v) is 7.21. The molecule has 0 saturated heterocycles. The number of thioether (sulfide) groups is 1. The van der Waals surface area contributed by atoms with Crippen molar-refractivity contribution < 1.29 is 4.79 Å². The quantitative estimate of drug-likeness (QED) is 0.245. The lowest BCUT2D eigenvalue weighted by Gasteiger charge is -2.07. The Labute approximate surface area is 177 Å². The Bertz CT molecular complexity index is 1300. The Morgan fingerprint density at radius 2 is 1.69 bits per heavy atom. The zero-order chi connectivity index (χ0) is 19.8. The SMILES string of the molecule is Cn1c(-c2ccccc2)c(C(=O)CSc2nc3ccccc3s2)c2ccccc21. The monoisotopic (exact) mass is 414 g/mol. The van der Waals surface area contributed by atoms with Crippen molar-refractivity contribution in [1.29, 1.82) is 0 Å². The molecule has 0 bridgehead atoms. The second kappa shape index (κ2) is 7.50. The van der Waals surface area contributed by atoms with Crippen LogP contribution in [0, 0.1) is 0 Å². The lowest BCUT2D eigenvalue weighted by Crippen LogP contribution is -2.05. The number of ketones is 1. The van der Waals surface area contributed by atoms with Crippen LogP contribution in [0.3, 0.4) is 0 Å². The molecule has 0 aliphatic carbocycles. The third kappa shape index (κ3) is 3.26. The number of aromatic nitrogens is 2.